The van der Waals surface area contributed by atoms with E-state index >= 15 is 0 Å². The van der Waals surface area contributed by atoms with Gasteiger partial charge in [-0.3, -0.25) is 9.59 Å². The lowest BCUT2D eigenvalue weighted by atomic mass is 10.0. The van der Waals surface area contributed by atoms with E-state index in [0.29, 0.717) is 54.8 Å². The molecule has 0 bridgehead atoms. The van der Waals surface area contributed by atoms with Gasteiger partial charge in [0.05, 0.1) is 24.4 Å². The van der Waals surface area contributed by atoms with E-state index in [1.165, 1.54) is 0 Å². The lowest BCUT2D eigenvalue weighted by molar-refractivity contribution is 0.0204. The number of piperidine rings is 1. The van der Waals surface area contributed by atoms with Gasteiger partial charge >= 0.3 is 5.97 Å². The maximum absolute atomic E-state index is 12.8. The second-order valence-corrected chi connectivity index (χ2v) is 8.82. The van der Waals surface area contributed by atoms with Crippen molar-refractivity contribution in [3.63, 3.8) is 0 Å². The van der Waals surface area contributed by atoms with E-state index in [1.54, 1.807) is 6.92 Å². The van der Waals surface area contributed by atoms with E-state index in [1.807, 2.05) is 18.7 Å². The van der Waals surface area contributed by atoms with E-state index in [9.17, 15) is 14.4 Å². The molecule has 2 atom stereocenters. The summed E-state index contributed by atoms with van der Waals surface area (Å²) in [7, 11) is 0. The average Bonchev–Trinajstić information content (AvgIpc) is 3.42. The van der Waals surface area contributed by atoms with Crippen LogP contribution < -0.4 is 10.2 Å². The zero-order valence-electron chi connectivity index (χ0n) is 18.9. The van der Waals surface area contributed by atoms with Gasteiger partial charge in [0, 0.05) is 19.7 Å². The van der Waals surface area contributed by atoms with Crippen molar-refractivity contribution in [3.8, 4) is 0 Å². The fourth-order valence-electron chi connectivity index (χ4n) is 3.54. The van der Waals surface area contributed by atoms with Gasteiger partial charge < -0.3 is 24.7 Å². The number of aldehydes is 1. The molecule has 2 aromatic rings. The molecule has 12 heteroatoms. The summed E-state index contributed by atoms with van der Waals surface area (Å²) in [4.78, 5) is 49.9. The van der Waals surface area contributed by atoms with Gasteiger partial charge in [-0.1, -0.05) is 36.8 Å². The molecule has 10 nitrogen and oxygen atoms in total. The number of hydrogen-bond acceptors (Lipinski definition) is 9. The zero-order chi connectivity index (χ0) is 24.0. The molecule has 3 rings (SSSR count). The maximum atomic E-state index is 12.8. The molecule has 180 valence electrons. The van der Waals surface area contributed by atoms with Crippen LogP contribution in [0.2, 0.25) is 5.15 Å². The van der Waals surface area contributed by atoms with Gasteiger partial charge in [-0.25, -0.2) is 14.8 Å². The fraction of sp³-hybridized carbons (Fsp3) is 0.571. The minimum Gasteiger partial charge on any atom is -0.462 e. The predicted molar refractivity (Wildman–Crippen MR) is 125 cm³/mol. The number of aryl methyl sites for hydroxylation is 1. The van der Waals surface area contributed by atoms with Crippen LogP contribution in [0.3, 0.4) is 0 Å². The molecule has 3 heterocycles. The average molecular weight is 498 g/mol. The third-order valence-electron chi connectivity index (χ3n) is 5.19. The largest absolute Gasteiger partial charge is 0.462 e. The first-order valence-electron chi connectivity index (χ1n) is 11.0. The third kappa shape index (κ3) is 5.90. The van der Waals surface area contributed by atoms with Crippen molar-refractivity contribution >= 4 is 46.2 Å². The number of hydrogen-bond donors (Lipinski definition) is 2. The molecular formula is C21H28ClN5O5S. The zero-order valence-corrected chi connectivity index (χ0v) is 20.4. The predicted octanol–water partition coefficient (Wildman–Crippen LogP) is 2.88. The number of rotatable bonds is 10. The Labute approximate surface area is 201 Å². The van der Waals surface area contributed by atoms with Crippen LogP contribution in [-0.4, -0.2) is 71.6 Å². The molecule has 0 aromatic carbocycles. The maximum Gasteiger partial charge on any atom is 0.350 e. The quantitative estimate of drug-likeness (QED) is 0.379. The molecule has 0 spiro atoms. The van der Waals surface area contributed by atoms with Gasteiger partial charge in [-0.05, 0) is 26.2 Å². The number of anilines is 1. The van der Waals surface area contributed by atoms with E-state index in [0.717, 1.165) is 17.8 Å². The number of aromatic nitrogens is 3. The summed E-state index contributed by atoms with van der Waals surface area (Å²) in [6.07, 6.45) is 2.30. The number of H-pyrrole nitrogens is 1. The summed E-state index contributed by atoms with van der Waals surface area (Å²) < 4.78 is 11.1. The molecule has 1 fully saturated rings. The number of ether oxygens (including phenoxy) is 2. The van der Waals surface area contributed by atoms with Crippen molar-refractivity contribution in [3.05, 3.63) is 27.2 Å². The van der Waals surface area contributed by atoms with Gasteiger partial charge in [0.25, 0.3) is 5.91 Å². The smallest absolute Gasteiger partial charge is 0.350 e. The SMILES string of the molecule is CCCOC1CN(c2nc(C=O)c(C(=O)OCC)s2)CCC1NC(=O)c1nc(Cl)c(CC)[nH]1. The van der Waals surface area contributed by atoms with E-state index in [-0.39, 0.29) is 41.1 Å². The first-order valence-corrected chi connectivity index (χ1v) is 12.2. The fourth-order valence-corrected chi connectivity index (χ4v) is 4.77. The molecule has 2 unspecified atom stereocenters. The lowest BCUT2D eigenvalue weighted by Gasteiger charge is -2.38. The molecule has 33 heavy (non-hydrogen) atoms. The highest BCUT2D eigenvalue weighted by Gasteiger charge is 2.34. The van der Waals surface area contributed by atoms with Crippen molar-refractivity contribution in [2.45, 2.75) is 52.2 Å². The minimum absolute atomic E-state index is 0.0660. The summed E-state index contributed by atoms with van der Waals surface area (Å²) in [5.74, 6) is -0.738. The van der Waals surface area contributed by atoms with E-state index in [2.05, 4.69) is 20.3 Å². The minimum atomic E-state index is -0.562. The first-order chi connectivity index (χ1) is 15.9. The van der Waals surface area contributed by atoms with Crippen LogP contribution in [0, 0.1) is 0 Å². The highest BCUT2D eigenvalue weighted by Crippen LogP contribution is 2.29. The molecular weight excluding hydrogens is 470 g/mol. The number of imidazole rings is 1. The van der Waals surface area contributed by atoms with Crippen LogP contribution >= 0.6 is 22.9 Å². The van der Waals surface area contributed by atoms with Crippen molar-refractivity contribution in [1.29, 1.82) is 0 Å². The summed E-state index contributed by atoms with van der Waals surface area (Å²) in [6, 6.07) is -0.246. The Morgan fingerprint density at radius 3 is 2.76 bits per heavy atom. The van der Waals surface area contributed by atoms with Gasteiger partial charge in [0.15, 0.2) is 22.4 Å². The van der Waals surface area contributed by atoms with Gasteiger partial charge in [-0.15, -0.1) is 0 Å². The van der Waals surface area contributed by atoms with E-state index in [4.69, 9.17) is 21.1 Å². The summed E-state index contributed by atoms with van der Waals surface area (Å²) >= 11 is 7.19. The number of carbonyl (C=O) groups is 3. The molecule has 2 aromatic heterocycles. The van der Waals surface area contributed by atoms with Crippen molar-refractivity contribution in [2.24, 2.45) is 0 Å². The highest BCUT2D eigenvalue weighted by molar-refractivity contribution is 7.17. The summed E-state index contributed by atoms with van der Waals surface area (Å²) in [5.41, 5.74) is 0.777. The standard InChI is InChI=1S/C21H28ClN5O5S/c1-4-9-32-15-10-27(21-25-14(11-28)16(33-21)20(30)31-6-3)8-7-13(15)24-19(29)18-23-12(5-2)17(22)26-18/h11,13,15H,4-10H2,1-3H3,(H,23,26)(H,24,29). The van der Waals surface area contributed by atoms with Crippen LogP contribution in [0.15, 0.2) is 0 Å². The number of nitrogens with one attached hydrogen (secondary N) is 2. The number of carbonyl (C=O) groups excluding carboxylic acids is 3. The van der Waals surface area contributed by atoms with Crippen molar-refractivity contribution < 1.29 is 23.9 Å². The topological polar surface area (TPSA) is 127 Å². The Morgan fingerprint density at radius 1 is 1.33 bits per heavy atom. The third-order valence-corrected chi connectivity index (χ3v) is 6.62. The molecule has 2 N–H and O–H groups in total. The van der Waals surface area contributed by atoms with Crippen molar-refractivity contribution in [1.82, 2.24) is 20.3 Å². The van der Waals surface area contributed by atoms with Gasteiger partial charge in [0.2, 0.25) is 0 Å². The normalized spacial score (nSPS) is 18.2. The first kappa shape index (κ1) is 25.1. The van der Waals surface area contributed by atoms with Crippen LogP contribution in [0.25, 0.3) is 0 Å². The second-order valence-electron chi connectivity index (χ2n) is 7.48. The molecule has 1 aliphatic rings. The van der Waals surface area contributed by atoms with Crippen LogP contribution in [-0.2, 0) is 15.9 Å². The van der Waals surface area contributed by atoms with Crippen LogP contribution in [0.5, 0.6) is 0 Å². The molecule has 1 aliphatic heterocycles. The second kappa shape index (κ2) is 11.6. The number of amides is 1. The molecule has 0 radical (unpaired) electrons. The number of nitrogens with zero attached hydrogens (tertiary/aromatic N) is 3. The Hall–Kier alpha value is -2.50. The number of esters is 1. The lowest BCUT2D eigenvalue weighted by Crippen LogP contribution is -2.55. The van der Waals surface area contributed by atoms with Crippen molar-refractivity contribution in [2.75, 3.05) is 31.2 Å². The molecule has 1 saturated heterocycles. The monoisotopic (exact) mass is 497 g/mol. The Balaban J connectivity index is 1.74. The number of thiazole rings is 1. The van der Waals surface area contributed by atoms with Crippen LogP contribution in [0.1, 0.15) is 70.1 Å². The highest BCUT2D eigenvalue weighted by atomic mass is 35.5. The Morgan fingerprint density at radius 2 is 2.12 bits per heavy atom. The Kier molecular flexibility index (Phi) is 8.81. The number of aromatic amines is 1. The summed E-state index contributed by atoms with van der Waals surface area (Å²) in [5, 5.41) is 3.84. The van der Waals surface area contributed by atoms with Gasteiger partial charge in [-0.2, -0.15) is 0 Å². The molecule has 1 amide bonds. The van der Waals surface area contributed by atoms with E-state index < -0.39 is 5.97 Å². The number of halogens is 1. The molecule has 0 saturated carbocycles. The molecule has 0 aliphatic carbocycles. The van der Waals surface area contributed by atoms with Crippen LogP contribution in [0.4, 0.5) is 5.13 Å². The Bertz CT molecular complexity index is 994. The van der Waals surface area contributed by atoms with Gasteiger partial charge in [0.1, 0.15) is 10.6 Å². The summed E-state index contributed by atoms with van der Waals surface area (Å²) in [6.45, 7) is 7.38.